The summed E-state index contributed by atoms with van der Waals surface area (Å²) in [7, 11) is 0. The Morgan fingerprint density at radius 1 is 0.845 bits per heavy atom. The van der Waals surface area contributed by atoms with Gasteiger partial charge in [0.15, 0.2) is 0 Å². The van der Waals surface area contributed by atoms with Crippen LogP contribution in [0.5, 0.6) is 11.5 Å². The Kier molecular flexibility index (Phi) is 20.5. The summed E-state index contributed by atoms with van der Waals surface area (Å²) < 4.78 is 20.8. The van der Waals surface area contributed by atoms with Crippen LogP contribution < -0.4 is 14.8 Å². The van der Waals surface area contributed by atoms with E-state index in [9.17, 15) is 15.0 Å². The first-order valence-corrected chi connectivity index (χ1v) is 26.8. The molecular weight excluding hydrogens is 891 g/mol. The second kappa shape index (κ2) is 27.4. The summed E-state index contributed by atoms with van der Waals surface area (Å²) in [4.78, 5) is 36.9. The molecule has 1 saturated carbocycles. The number of oxime groups is 1. The summed E-state index contributed by atoms with van der Waals surface area (Å²) in [5, 5.41) is 30.1. The van der Waals surface area contributed by atoms with E-state index in [4.69, 9.17) is 24.2 Å². The second-order valence-electron chi connectivity index (χ2n) is 19.7. The number of amides is 2. The standard InChI is InChI=1S/C60H79N3O8/c1-4-7-8-9-10-11-12-13-17-33-56(66)63(43-47-30-24-29-45-27-18-19-31-49(45)47)55-41-53(62-69-6-3)51-39-46(28-20-22-36-64)50(32-21-23-37-65)57-52-40-48(70-59(67)61-42-44-25-15-14-16-26-44)34-35-54(52)71-60(55,58(51)57)68-38-5-2/h5,14-16,18-19,24-27,29-31,34-35,39-40,46,50,55,57-58,64-65H,2,4,6-13,17,20-23,28,32-33,36-38,41-43H2,1,3H3,(H,61,67)/t46-,50+,55-,57+,58+,60+/m0/s1. The number of aliphatic hydroxyl groups is 2. The monoisotopic (exact) mass is 970 g/mol. The van der Waals surface area contributed by atoms with Crippen molar-refractivity contribution in [3.05, 3.63) is 132 Å². The number of hydrogen-bond acceptors (Lipinski definition) is 9. The largest absolute Gasteiger partial charge is 0.459 e. The van der Waals surface area contributed by atoms with Gasteiger partial charge in [-0.1, -0.05) is 161 Å². The average molecular weight is 970 g/mol. The van der Waals surface area contributed by atoms with Gasteiger partial charge in [0.25, 0.3) is 0 Å². The van der Waals surface area contributed by atoms with Crippen LogP contribution in [0.4, 0.5) is 4.79 Å². The Morgan fingerprint density at radius 3 is 2.31 bits per heavy atom. The summed E-state index contributed by atoms with van der Waals surface area (Å²) in [5.74, 6) is -1.09. The number of hydrogen-bond donors (Lipinski definition) is 3. The molecule has 0 radical (unpaired) electrons. The first-order valence-electron chi connectivity index (χ1n) is 26.8. The van der Waals surface area contributed by atoms with E-state index in [0.717, 1.165) is 83.7 Å². The van der Waals surface area contributed by atoms with Crippen molar-refractivity contribution >= 4 is 28.5 Å². The van der Waals surface area contributed by atoms with Gasteiger partial charge in [-0.3, -0.25) is 4.79 Å². The molecule has 4 aromatic carbocycles. The molecule has 71 heavy (non-hydrogen) atoms. The highest BCUT2D eigenvalue weighted by Gasteiger charge is 2.65. The van der Waals surface area contributed by atoms with Gasteiger partial charge >= 0.3 is 6.09 Å². The molecular formula is C60H79N3O8. The first-order chi connectivity index (χ1) is 34.8. The Hall–Kier alpha value is -5.49. The zero-order chi connectivity index (χ0) is 49.8. The number of allylic oxidation sites excluding steroid dienone is 1. The van der Waals surface area contributed by atoms with Gasteiger partial charge in [-0.2, -0.15) is 0 Å². The lowest BCUT2D eigenvalue weighted by atomic mass is 9.55. The fourth-order valence-electron chi connectivity index (χ4n) is 11.5. The molecule has 7 rings (SSSR count). The summed E-state index contributed by atoms with van der Waals surface area (Å²) in [6.45, 7) is 9.63. The van der Waals surface area contributed by atoms with Gasteiger partial charge in [0, 0.05) is 50.6 Å². The van der Waals surface area contributed by atoms with Crippen molar-refractivity contribution in [3.8, 4) is 11.5 Å². The molecule has 0 saturated heterocycles. The van der Waals surface area contributed by atoms with E-state index >= 15 is 4.79 Å². The number of carbonyl (C=O) groups is 2. The third kappa shape index (κ3) is 13.5. The molecule has 2 aliphatic carbocycles. The number of nitrogens with one attached hydrogen (secondary N) is 1. The van der Waals surface area contributed by atoms with Crippen LogP contribution in [0.15, 0.2) is 120 Å². The van der Waals surface area contributed by atoms with Crippen molar-refractivity contribution < 1.29 is 38.9 Å². The van der Waals surface area contributed by atoms with Crippen molar-refractivity contribution in [1.82, 2.24) is 10.2 Å². The maximum absolute atomic E-state index is 15.4. The van der Waals surface area contributed by atoms with Crippen LogP contribution in [0.2, 0.25) is 0 Å². The number of aliphatic hydroxyl groups excluding tert-OH is 2. The smallest absolute Gasteiger partial charge is 0.412 e. The predicted octanol–water partition coefficient (Wildman–Crippen LogP) is 12.7. The zero-order valence-electron chi connectivity index (χ0n) is 42.4. The topological polar surface area (TPSA) is 139 Å². The molecule has 3 aliphatic rings. The van der Waals surface area contributed by atoms with E-state index in [0.29, 0.717) is 56.9 Å². The first kappa shape index (κ1) is 53.3. The van der Waals surface area contributed by atoms with Gasteiger partial charge in [-0.05, 0) is 96.5 Å². The molecule has 6 atom stereocenters. The SMILES string of the molecule is C=CCO[C@@]12Oc3ccc(OC(=O)NCc4ccccc4)cc3[C@H]3[C@H](CCCCO)[C@@H](CCCCO)C=C(C(=NOCC)C[C@@H]1N(Cc1cccc4ccccc14)C(=O)CCCCCCCCCCC)[C@H]32. The van der Waals surface area contributed by atoms with Gasteiger partial charge in [0.2, 0.25) is 11.7 Å². The Balaban J connectivity index is 1.35. The van der Waals surface area contributed by atoms with Crippen molar-refractivity contribution in [1.29, 1.82) is 0 Å². The van der Waals surface area contributed by atoms with Crippen LogP contribution in [0.1, 0.15) is 146 Å². The number of unbranched alkanes of at least 4 members (excludes halogenated alkanes) is 10. The number of rotatable bonds is 29. The van der Waals surface area contributed by atoms with Crippen LogP contribution in [-0.4, -0.2) is 71.1 Å². The molecule has 11 nitrogen and oxygen atoms in total. The van der Waals surface area contributed by atoms with Crippen LogP contribution >= 0.6 is 0 Å². The normalized spacial score (nSPS) is 21.7. The lowest BCUT2D eigenvalue weighted by Gasteiger charge is -2.60. The van der Waals surface area contributed by atoms with E-state index in [-0.39, 0.29) is 43.5 Å². The lowest BCUT2D eigenvalue weighted by molar-refractivity contribution is -0.258. The molecule has 0 bridgehead atoms. The third-order valence-corrected chi connectivity index (χ3v) is 14.9. The molecule has 1 fully saturated rings. The molecule has 3 N–H and O–H groups in total. The van der Waals surface area contributed by atoms with E-state index < -0.39 is 23.8 Å². The predicted molar refractivity (Wildman–Crippen MR) is 282 cm³/mol. The molecule has 0 unspecified atom stereocenters. The fraction of sp³-hybridized carbons (Fsp3) is 0.517. The summed E-state index contributed by atoms with van der Waals surface area (Å²) >= 11 is 0. The maximum Gasteiger partial charge on any atom is 0.412 e. The Labute approximate surface area is 422 Å². The minimum atomic E-state index is -1.41. The Morgan fingerprint density at radius 2 is 1.56 bits per heavy atom. The van der Waals surface area contributed by atoms with Crippen molar-refractivity contribution in [2.24, 2.45) is 22.9 Å². The summed E-state index contributed by atoms with van der Waals surface area (Å²) in [6, 6.07) is 29.3. The van der Waals surface area contributed by atoms with Gasteiger partial charge < -0.3 is 39.5 Å². The maximum atomic E-state index is 15.4. The van der Waals surface area contributed by atoms with Crippen molar-refractivity contribution in [2.75, 3.05) is 26.4 Å². The molecule has 0 spiro atoms. The number of nitrogens with zero attached hydrogens (tertiary/aromatic N) is 2. The van der Waals surface area contributed by atoms with E-state index in [2.05, 4.69) is 55.2 Å². The average Bonchev–Trinajstić information content (AvgIpc) is 3.39. The van der Waals surface area contributed by atoms with E-state index in [1.165, 1.54) is 38.5 Å². The fourth-order valence-corrected chi connectivity index (χ4v) is 11.5. The number of ether oxygens (including phenoxy) is 3. The van der Waals surface area contributed by atoms with Gasteiger partial charge in [-0.25, -0.2) is 4.79 Å². The van der Waals surface area contributed by atoms with Crippen LogP contribution in [-0.2, 0) is 27.5 Å². The summed E-state index contributed by atoms with van der Waals surface area (Å²) in [6.07, 6.45) is 19.1. The third-order valence-electron chi connectivity index (χ3n) is 14.9. The molecule has 0 aromatic heterocycles. The number of benzene rings is 4. The van der Waals surface area contributed by atoms with Gasteiger partial charge in [0.05, 0.1) is 18.2 Å². The highest BCUT2D eigenvalue weighted by Crippen LogP contribution is 2.62. The number of fused-ring (bicyclic) bond motifs is 3. The van der Waals surface area contributed by atoms with Crippen LogP contribution in [0, 0.1) is 17.8 Å². The van der Waals surface area contributed by atoms with Crippen molar-refractivity contribution in [3.63, 3.8) is 0 Å². The zero-order valence-corrected chi connectivity index (χ0v) is 42.4. The minimum Gasteiger partial charge on any atom is -0.459 e. The Bertz CT molecular complexity index is 2380. The molecule has 11 heteroatoms. The molecule has 4 aromatic rings. The van der Waals surface area contributed by atoms with Crippen LogP contribution in [0.25, 0.3) is 10.8 Å². The van der Waals surface area contributed by atoms with Gasteiger partial charge in [-0.15, -0.1) is 6.58 Å². The second-order valence-corrected chi connectivity index (χ2v) is 19.7. The van der Waals surface area contributed by atoms with E-state index in [1.807, 2.05) is 66.4 Å². The highest BCUT2D eigenvalue weighted by molar-refractivity contribution is 6.03. The molecule has 1 aliphatic heterocycles. The number of carbonyl (C=O) groups excluding carboxylic acids is 2. The molecule has 382 valence electrons. The quantitative estimate of drug-likeness (QED) is 0.0278. The minimum absolute atomic E-state index is 0.0155. The van der Waals surface area contributed by atoms with Gasteiger partial charge in [0.1, 0.15) is 24.1 Å². The molecule has 2 amide bonds. The van der Waals surface area contributed by atoms with Crippen molar-refractivity contribution in [2.45, 2.75) is 154 Å². The lowest BCUT2D eigenvalue weighted by Crippen LogP contribution is -2.70. The summed E-state index contributed by atoms with van der Waals surface area (Å²) in [5.41, 5.74) is 4.58. The van der Waals surface area contributed by atoms with E-state index in [1.54, 1.807) is 12.1 Å². The molecule has 1 heterocycles. The highest BCUT2D eigenvalue weighted by atomic mass is 16.7. The van der Waals surface area contributed by atoms with Crippen LogP contribution in [0.3, 0.4) is 0 Å².